The van der Waals surface area contributed by atoms with Crippen LogP contribution in [0.25, 0.3) is 10.2 Å². The van der Waals surface area contributed by atoms with E-state index < -0.39 is 0 Å². The van der Waals surface area contributed by atoms with E-state index in [1.165, 1.54) is 11.8 Å². The standard InChI is InChI=1S/C10H12N2S2/c1-3-7(2)14-10-8-4-5-13-9(8)11-6-12-10/h4-7H,3H2,1-2H3/t7-/m1/s1. The van der Waals surface area contributed by atoms with Gasteiger partial charge in [-0.2, -0.15) is 0 Å². The van der Waals surface area contributed by atoms with E-state index in [2.05, 4.69) is 35.3 Å². The van der Waals surface area contributed by atoms with Crippen molar-refractivity contribution in [1.82, 2.24) is 9.97 Å². The Kier molecular flexibility index (Phi) is 3.03. The Morgan fingerprint density at radius 3 is 3.14 bits per heavy atom. The van der Waals surface area contributed by atoms with Crippen molar-refractivity contribution in [2.75, 3.05) is 0 Å². The molecule has 0 saturated carbocycles. The first-order valence-corrected chi connectivity index (χ1v) is 6.42. The molecule has 0 bridgehead atoms. The maximum Gasteiger partial charge on any atom is 0.127 e. The van der Waals surface area contributed by atoms with E-state index in [-0.39, 0.29) is 0 Å². The van der Waals surface area contributed by atoms with Gasteiger partial charge in [-0.3, -0.25) is 0 Å². The molecule has 0 unspecified atom stereocenters. The summed E-state index contributed by atoms with van der Waals surface area (Å²) in [5.74, 6) is 0. The number of fused-ring (bicyclic) bond motifs is 1. The normalized spacial score (nSPS) is 13.3. The highest BCUT2D eigenvalue weighted by molar-refractivity contribution is 8.00. The molecule has 2 aromatic rings. The smallest absolute Gasteiger partial charge is 0.127 e. The van der Waals surface area contributed by atoms with Gasteiger partial charge in [0.2, 0.25) is 0 Å². The maximum atomic E-state index is 4.33. The molecule has 0 spiro atoms. The number of thioether (sulfide) groups is 1. The van der Waals surface area contributed by atoms with Gasteiger partial charge in [-0.05, 0) is 17.9 Å². The third-order valence-corrected chi connectivity index (χ3v) is 4.22. The molecule has 0 aliphatic rings. The lowest BCUT2D eigenvalue weighted by atomic mass is 10.4. The fraction of sp³-hybridized carbons (Fsp3) is 0.400. The number of rotatable bonds is 3. The second kappa shape index (κ2) is 4.28. The molecule has 0 aliphatic carbocycles. The Balaban J connectivity index is 2.36. The average molecular weight is 224 g/mol. The highest BCUT2D eigenvalue weighted by Gasteiger charge is 2.08. The van der Waals surface area contributed by atoms with Crippen molar-refractivity contribution < 1.29 is 0 Å². The van der Waals surface area contributed by atoms with Crippen LogP contribution in [0.3, 0.4) is 0 Å². The van der Waals surface area contributed by atoms with Crippen molar-refractivity contribution in [2.45, 2.75) is 30.5 Å². The summed E-state index contributed by atoms with van der Waals surface area (Å²) in [6.07, 6.45) is 2.82. The van der Waals surface area contributed by atoms with Crippen molar-refractivity contribution in [1.29, 1.82) is 0 Å². The Morgan fingerprint density at radius 1 is 1.50 bits per heavy atom. The van der Waals surface area contributed by atoms with Gasteiger partial charge in [0.1, 0.15) is 16.2 Å². The number of thiophene rings is 1. The van der Waals surface area contributed by atoms with Gasteiger partial charge < -0.3 is 0 Å². The van der Waals surface area contributed by atoms with E-state index in [1.54, 1.807) is 17.7 Å². The van der Waals surface area contributed by atoms with Crippen LogP contribution < -0.4 is 0 Å². The highest BCUT2D eigenvalue weighted by atomic mass is 32.2. The van der Waals surface area contributed by atoms with Gasteiger partial charge in [-0.25, -0.2) is 9.97 Å². The Morgan fingerprint density at radius 2 is 2.36 bits per heavy atom. The quantitative estimate of drug-likeness (QED) is 0.588. The number of hydrogen-bond donors (Lipinski definition) is 0. The molecule has 14 heavy (non-hydrogen) atoms. The molecule has 0 aromatic carbocycles. The monoisotopic (exact) mass is 224 g/mol. The molecule has 2 aromatic heterocycles. The fourth-order valence-electron chi connectivity index (χ4n) is 1.14. The fourth-order valence-corrected chi connectivity index (χ4v) is 2.88. The van der Waals surface area contributed by atoms with Gasteiger partial charge in [-0.1, -0.05) is 13.8 Å². The minimum absolute atomic E-state index is 0.619. The zero-order valence-electron chi connectivity index (χ0n) is 8.23. The topological polar surface area (TPSA) is 25.8 Å². The van der Waals surface area contributed by atoms with Gasteiger partial charge in [0, 0.05) is 10.6 Å². The molecule has 0 N–H and O–H groups in total. The van der Waals surface area contributed by atoms with Gasteiger partial charge in [-0.15, -0.1) is 23.1 Å². The van der Waals surface area contributed by atoms with Crippen LogP contribution in [0.2, 0.25) is 0 Å². The molecule has 0 aliphatic heterocycles. The third-order valence-electron chi connectivity index (χ3n) is 2.11. The second-order valence-electron chi connectivity index (χ2n) is 3.15. The van der Waals surface area contributed by atoms with Gasteiger partial charge in [0.05, 0.1) is 0 Å². The Labute approximate surface area is 91.8 Å². The lowest BCUT2D eigenvalue weighted by molar-refractivity contribution is 0.901. The zero-order chi connectivity index (χ0) is 9.97. The molecule has 2 rings (SSSR count). The van der Waals surface area contributed by atoms with Crippen molar-refractivity contribution >= 4 is 33.3 Å². The minimum atomic E-state index is 0.619. The Hall–Kier alpha value is -0.610. The van der Waals surface area contributed by atoms with Crippen LogP contribution in [-0.4, -0.2) is 15.2 Å². The van der Waals surface area contributed by atoms with Crippen molar-refractivity contribution in [2.24, 2.45) is 0 Å². The molecule has 2 heterocycles. The summed E-state index contributed by atoms with van der Waals surface area (Å²) < 4.78 is 0. The molecular formula is C10H12N2S2. The van der Waals surface area contributed by atoms with Crippen LogP contribution >= 0.6 is 23.1 Å². The van der Waals surface area contributed by atoms with Crippen molar-refractivity contribution in [3.05, 3.63) is 17.8 Å². The van der Waals surface area contributed by atoms with E-state index in [1.807, 2.05) is 11.8 Å². The van der Waals surface area contributed by atoms with E-state index >= 15 is 0 Å². The summed E-state index contributed by atoms with van der Waals surface area (Å²) in [4.78, 5) is 9.64. The predicted octanol–water partition coefficient (Wildman–Crippen LogP) is 3.58. The predicted molar refractivity (Wildman–Crippen MR) is 63.0 cm³/mol. The van der Waals surface area contributed by atoms with E-state index in [9.17, 15) is 0 Å². The summed E-state index contributed by atoms with van der Waals surface area (Å²) in [5.41, 5.74) is 0. The first kappa shape index (κ1) is 9.93. The van der Waals surface area contributed by atoms with Crippen LogP contribution in [0.5, 0.6) is 0 Å². The summed E-state index contributed by atoms with van der Waals surface area (Å²) in [7, 11) is 0. The third kappa shape index (κ3) is 1.91. The van der Waals surface area contributed by atoms with Crippen LogP contribution in [0.4, 0.5) is 0 Å². The van der Waals surface area contributed by atoms with E-state index in [0.29, 0.717) is 5.25 Å². The van der Waals surface area contributed by atoms with Gasteiger partial charge >= 0.3 is 0 Å². The summed E-state index contributed by atoms with van der Waals surface area (Å²) in [5, 5.41) is 5.00. The lowest BCUT2D eigenvalue weighted by Crippen LogP contribution is -1.94. The first-order chi connectivity index (χ1) is 6.81. The van der Waals surface area contributed by atoms with Gasteiger partial charge in [0.15, 0.2) is 0 Å². The first-order valence-electron chi connectivity index (χ1n) is 4.66. The maximum absolute atomic E-state index is 4.33. The van der Waals surface area contributed by atoms with Crippen LogP contribution in [-0.2, 0) is 0 Å². The zero-order valence-corrected chi connectivity index (χ0v) is 9.86. The van der Waals surface area contributed by atoms with Crippen LogP contribution in [0, 0.1) is 0 Å². The van der Waals surface area contributed by atoms with Gasteiger partial charge in [0.25, 0.3) is 0 Å². The second-order valence-corrected chi connectivity index (χ2v) is 5.48. The lowest BCUT2D eigenvalue weighted by Gasteiger charge is -2.07. The molecule has 2 nitrogen and oxygen atoms in total. The van der Waals surface area contributed by atoms with E-state index in [4.69, 9.17) is 0 Å². The largest absolute Gasteiger partial charge is 0.229 e. The van der Waals surface area contributed by atoms with Crippen molar-refractivity contribution in [3.8, 4) is 0 Å². The van der Waals surface area contributed by atoms with E-state index in [0.717, 1.165) is 9.86 Å². The summed E-state index contributed by atoms with van der Waals surface area (Å²) >= 11 is 3.50. The Bertz CT molecular complexity index is 425. The molecular weight excluding hydrogens is 212 g/mol. The molecule has 0 saturated heterocycles. The molecule has 0 amide bonds. The number of hydrogen-bond acceptors (Lipinski definition) is 4. The average Bonchev–Trinajstić information content (AvgIpc) is 2.66. The SMILES string of the molecule is CC[C@@H](C)Sc1ncnc2sccc12. The molecule has 4 heteroatoms. The molecule has 0 radical (unpaired) electrons. The molecule has 1 atom stereocenters. The molecule has 74 valence electrons. The van der Waals surface area contributed by atoms with Crippen molar-refractivity contribution in [3.63, 3.8) is 0 Å². The molecule has 0 fully saturated rings. The van der Waals surface area contributed by atoms with Crippen LogP contribution in [0.15, 0.2) is 22.8 Å². The highest BCUT2D eigenvalue weighted by Crippen LogP contribution is 2.30. The number of aromatic nitrogens is 2. The minimum Gasteiger partial charge on any atom is -0.229 e. The summed E-state index contributed by atoms with van der Waals surface area (Å²) in [6, 6.07) is 2.10. The number of nitrogens with zero attached hydrogens (tertiary/aromatic N) is 2. The van der Waals surface area contributed by atoms with Crippen LogP contribution in [0.1, 0.15) is 20.3 Å². The summed E-state index contributed by atoms with van der Waals surface area (Å²) in [6.45, 7) is 4.43.